The molecule has 2 heterocycles. The fraction of sp³-hybridized carbons (Fsp3) is 0.375. The first-order valence-corrected chi connectivity index (χ1v) is 11.7. The Morgan fingerprint density at radius 2 is 1.97 bits per heavy atom. The van der Waals surface area contributed by atoms with Crippen LogP contribution in [0.4, 0.5) is 24.8 Å². The van der Waals surface area contributed by atoms with Crippen molar-refractivity contribution in [3.05, 3.63) is 52.9 Å². The number of nitrogens with zero attached hydrogens (tertiary/aromatic N) is 3. The van der Waals surface area contributed by atoms with Gasteiger partial charge in [0.15, 0.2) is 10.8 Å². The zero-order valence-electron chi connectivity index (χ0n) is 19.2. The molecule has 1 aliphatic rings. The Morgan fingerprint density at radius 1 is 1.23 bits per heavy atom. The van der Waals surface area contributed by atoms with Crippen molar-refractivity contribution >= 4 is 34.7 Å². The minimum atomic E-state index is -4.58. The predicted octanol–water partition coefficient (Wildman–Crippen LogP) is 5.99. The zero-order valence-corrected chi connectivity index (χ0v) is 20.0. The van der Waals surface area contributed by atoms with E-state index in [-0.39, 0.29) is 24.1 Å². The van der Waals surface area contributed by atoms with Gasteiger partial charge in [-0.2, -0.15) is 13.2 Å². The third-order valence-corrected chi connectivity index (χ3v) is 7.60. The number of halogens is 3. The van der Waals surface area contributed by atoms with Gasteiger partial charge in [-0.1, -0.05) is 13.0 Å². The Hall–Kier alpha value is -3.34. The maximum Gasteiger partial charge on any atom is 0.433 e. The smallest absolute Gasteiger partial charge is 0.433 e. The number of nitrogens with one attached hydrogen (secondary N) is 1. The van der Waals surface area contributed by atoms with Crippen molar-refractivity contribution in [1.29, 1.82) is 0 Å². The number of Topliss-reactive ketones (excluding diaryl/α,β-unsaturated/α-hetero) is 1. The van der Waals surface area contributed by atoms with Crippen LogP contribution in [0, 0.1) is 24.2 Å². The van der Waals surface area contributed by atoms with Crippen LogP contribution in [0.1, 0.15) is 47.7 Å². The molecule has 11 heteroatoms. The fourth-order valence-electron chi connectivity index (χ4n) is 4.38. The first kappa shape index (κ1) is 24.8. The van der Waals surface area contributed by atoms with E-state index in [9.17, 15) is 27.9 Å². The summed E-state index contributed by atoms with van der Waals surface area (Å²) < 4.78 is 38.9. The Morgan fingerprint density at radius 3 is 2.63 bits per heavy atom. The van der Waals surface area contributed by atoms with Gasteiger partial charge in [0.05, 0.1) is 10.3 Å². The molecular weight excluding hydrogens is 481 g/mol. The summed E-state index contributed by atoms with van der Waals surface area (Å²) in [6.07, 6.45) is -1.21. The normalized spacial score (nSPS) is 22.2. The number of carboxylic acid groups (broad SMARTS) is 1. The molecule has 2 aromatic heterocycles. The number of benzene rings is 1. The third kappa shape index (κ3) is 5.04. The van der Waals surface area contributed by atoms with Crippen molar-refractivity contribution < 1.29 is 27.9 Å². The van der Waals surface area contributed by atoms with Gasteiger partial charge in [-0.3, -0.25) is 9.59 Å². The second-order valence-electron chi connectivity index (χ2n) is 9.13. The highest BCUT2D eigenvalue weighted by atomic mass is 32.1. The maximum absolute atomic E-state index is 13.1. The lowest BCUT2D eigenvalue weighted by atomic mass is 9.81. The van der Waals surface area contributed by atoms with Crippen molar-refractivity contribution in [2.45, 2.75) is 39.8 Å². The lowest BCUT2D eigenvalue weighted by molar-refractivity contribution is -0.149. The number of aliphatic carboxylic acids is 1. The van der Waals surface area contributed by atoms with Gasteiger partial charge in [0.1, 0.15) is 5.69 Å². The molecule has 1 aliphatic carbocycles. The van der Waals surface area contributed by atoms with E-state index in [1.165, 1.54) is 11.3 Å². The van der Waals surface area contributed by atoms with Crippen LogP contribution in [0.3, 0.4) is 0 Å². The number of carbonyl (C=O) groups excluding carboxylic acids is 1. The molecule has 0 amide bonds. The van der Waals surface area contributed by atoms with Crippen LogP contribution in [0.15, 0.2) is 36.7 Å². The molecule has 3 aromatic rings. The molecule has 0 spiro atoms. The number of rotatable bonds is 6. The number of hydrogen-bond donors (Lipinski definition) is 2. The van der Waals surface area contributed by atoms with Crippen molar-refractivity contribution in [3.63, 3.8) is 0 Å². The van der Waals surface area contributed by atoms with E-state index in [0.717, 1.165) is 23.4 Å². The maximum atomic E-state index is 13.1. The van der Waals surface area contributed by atoms with E-state index in [0.29, 0.717) is 22.0 Å². The lowest BCUT2D eigenvalue weighted by Crippen LogP contribution is -2.30. The molecule has 0 radical (unpaired) electrons. The largest absolute Gasteiger partial charge is 0.481 e. The topological polar surface area (TPSA) is 105 Å². The van der Waals surface area contributed by atoms with E-state index in [1.54, 1.807) is 25.3 Å². The molecule has 0 saturated heterocycles. The highest BCUT2D eigenvalue weighted by Crippen LogP contribution is 2.47. The lowest BCUT2D eigenvalue weighted by Gasteiger charge is -2.23. The van der Waals surface area contributed by atoms with Crippen LogP contribution in [0.2, 0.25) is 0 Å². The predicted molar refractivity (Wildman–Crippen MR) is 125 cm³/mol. The summed E-state index contributed by atoms with van der Waals surface area (Å²) in [5, 5.41) is 12.7. The Kier molecular flexibility index (Phi) is 6.39. The number of carbonyl (C=O) groups is 2. The SMILES string of the molecule is Cc1cc(Nc2nccc(C(F)(F)F)n2)cc(-c2cnc(C(=O)C3CC(C)C(C)(C(=O)O)C3)s2)c1. The molecule has 3 unspecified atom stereocenters. The highest BCUT2D eigenvalue weighted by Gasteiger charge is 2.49. The second-order valence-corrected chi connectivity index (χ2v) is 10.2. The molecule has 7 nitrogen and oxygen atoms in total. The average Bonchev–Trinajstić information content (AvgIpc) is 3.38. The molecule has 3 atom stereocenters. The van der Waals surface area contributed by atoms with Crippen molar-refractivity contribution in [2.75, 3.05) is 5.32 Å². The summed E-state index contributed by atoms with van der Waals surface area (Å²) >= 11 is 1.20. The molecule has 4 rings (SSSR count). The van der Waals surface area contributed by atoms with Crippen LogP contribution in [0.25, 0.3) is 10.4 Å². The molecular formula is C24H23F3N4O3S. The number of aryl methyl sites for hydroxylation is 1. The van der Waals surface area contributed by atoms with Gasteiger partial charge in [0.2, 0.25) is 5.95 Å². The number of alkyl halides is 3. The summed E-state index contributed by atoms with van der Waals surface area (Å²) in [4.78, 5) is 37.2. The number of carboxylic acids is 1. The fourth-order valence-corrected chi connectivity index (χ4v) is 5.30. The van der Waals surface area contributed by atoms with Crippen LogP contribution < -0.4 is 5.32 Å². The van der Waals surface area contributed by atoms with Gasteiger partial charge in [-0.15, -0.1) is 11.3 Å². The summed E-state index contributed by atoms with van der Waals surface area (Å²) in [7, 11) is 0. The van der Waals surface area contributed by atoms with Crippen LogP contribution in [-0.2, 0) is 11.0 Å². The minimum Gasteiger partial charge on any atom is -0.481 e. The highest BCUT2D eigenvalue weighted by molar-refractivity contribution is 7.17. The number of ketones is 1. The molecule has 0 bridgehead atoms. The molecule has 2 N–H and O–H groups in total. The standard InChI is InChI=1S/C24H23F3N4O3S/c1-12-6-14(9-16(7-12)30-22-28-5-4-18(31-22)24(25,26)27)17-11-29-20(35-17)19(32)15-8-13(2)23(3,10-15)21(33)34/h4-7,9,11,13,15H,8,10H2,1-3H3,(H,33,34)(H,28,30,31). The van der Waals surface area contributed by atoms with E-state index < -0.39 is 29.2 Å². The van der Waals surface area contributed by atoms with Gasteiger partial charge >= 0.3 is 12.1 Å². The first-order chi connectivity index (χ1) is 16.4. The number of hydrogen-bond acceptors (Lipinski definition) is 7. The van der Waals surface area contributed by atoms with Gasteiger partial charge in [-0.25, -0.2) is 15.0 Å². The van der Waals surface area contributed by atoms with Gasteiger partial charge in [0.25, 0.3) is 0 Å². The third-order valence-electron chi connectivity index (χ3n) is 6.54. The molecule has 0 aliphatic heterocycles. The van der Waals surface area contributed by atoms with Gasteiger partial charge < -0.3 is 10.4 Å². The van der Waals surface area contributed by atoms with Crippen molar-refractivity contribution in [2.24, 2.45) is 17.3 Å². The molecule has 184 valence electrons. The van der Waals surface area contributed by atoms with Crippen molar-refractivity contribution in [3.8, 4) is 10.4 Å². The number of thiazole rings is 1. The van der Waals surface area contributed by atoms with Crippen LogP contribution in [0.5, 0.6) is 0 Å². The van der Waals surface area contributed by atoms with Gasteiger partial charge in [0, 0.05) is 24.0 Å². The zero-order chi connectivity index (χ0) is 25.5. The minimum absolute atomic E-state index is 0.128. The first-order valence-electron chi connectivity index (χ1n) is 10.9. The Balaban J connectivity index is 1.55. The van der Waals surface area contributed by atoms with Crippen LogP contribution >= 0.6 is 11.3 Å². The summed E-state index contributed by atoms with van der Waals surface area (Å²) in [6.45, 7) is 5.36. The monoisotopic (exact) mass is 504 g/mol. The molecule has 1 fully saturated rings. The molecule has 1 aromatic carbocycles. The molecule has 1 saturated carbocycles. The Bertz CT molecular complexity index is 1290. The van der Waals surface area contributed by atoms with E-state index in [1.807, 2.05) is 19.9 Å². The quantitative estimate of drug-likeness (QED) is 0.397. The second kappa shape index (κ2) is 9.03. The van der Waals surface area contributed by atoms with Crippen LogP contribution in [-0.4, -0.2) is 31.8 Å². The number of aromatic nitrogens is 3. The summed E-state index contributed by atoms with van der Waals surface area (Å²) in [5.41, 5.74) is 0.0608. The summed E-state index contributed by atoms with van der Waals surface area (Å²) in [6, 6.07) is 6.14. The van der Waals surface area contributed by atoms with E-state index in [4.69, 9.17) is 0 Å². The Labute approximate surface area is 203 Å². The van der Waals surface area contributed by atoms with Crippen molar-refractivity contribution in [1.82, 2.24) is 15.0 Å². The van der Waals surface area contributed by atoms with E-state index in [2.05, 4.69) is 20.3 Å². The average molecular weight is 505 g/mol. The summed E-state index contributed by atoms with van der Waals surface area (Å²) in [5.74, 6) is -1.78. The number of anilines is 2. The molecule has 35 heavy (non-hydrogen) atoms. The van der Waals surface area contributed by atoms with E-state index >= 15 is 0 Å². The van der Waals surface area contributed by atoms with Gasteiger partial charge in [-0.05, 0) is 61.9 Å².